The Morgan fingerprint density at radius 1 is 0.840 bits per heavy atom. The van der Waals surface area contributed by atoms with Crippen molar-refractivity contribution >= 4 is 43.5 Å². The summed E-state index contributed by atoms with van der Waals surface area (Å²) in [6, 6.07) is 7.96. The molecule has 0 aliphatic heterocycles. The predicted octanol–water partition coefficient (Wildman–Crippen LogP) is 0.992. The highest BCUT2D eigenvalue weighted by atomic mass is 32.2. The van der Waals surface area contributed by atoms with Crippen LogP contribution in [0.15, 0.2) is 46.2 Å². The molecule has 0 atom stereocenters. The van der Waals surface area contributed by atoms with Crippen molar-refractivity contribution in [2.24, 2.45) is 0 Å². The lowest BCUT2D eigenvalue weighted by Crippen LogP contribution is -2.08. The number of hydrogen-bond acceptors (Lipinski definition) is 7. The third kappa shape index (κ3) is 4.37. The molecule has 0 unspecified atom stereocenters. The fourth-order valence-corrected chi connectivity index (χ4v) is 3.79. The van der Waals surface area contributed by atoms with Gasteiger partial charge >= 0.3 is 0 Å². The fourth-order valence-electron chi connectivity index (χ4n) is 2.12. The van der Waals surface area contributed by atoms with E-state index in [9.17, 15) is 21.4 Å². The van der Waals surface area contributed by atoms with Crippen LogP contribution >= 0.6 is 0 Å². The van der Waals surface area contributed by atoms with E-state index in [1.54, 1.807) is 0 Å². The molecule has 0 heterocycles. The summed E-state index contributed by atoms with van der Waals surface area (Å²) in [5, 5.41) is 9.05. The topological polar surface area (TPSA) is 161 Å². The molecule has 0 saturated heterocycles. The van der Waals surface area contributed by atoms with E-state index >= 15 is 0 Å². The Hall–Kier alpha value is -2.40. The first-order valence-electron chi connectivity index (χ1n) is 6.83. The zero-order valence-electron chi connectivity index (χ0n) is 12.8. The Bertz CT molecular complexity index is 1040. The summed E-state index contributed by atoms with van der Waals surface area (Å²) >= 11 is 0. The number of hydrogen-bond donors (Lipinski definition) is 4. The summed E-state index contributed by atoms with van der Waals surface area (Å²) in [6.07, 6.45) is 2.65. The molecule has 0 bridgehead atoms. The average molecular weight is 384 g/mol. The molecule has 134 valence electrons. The molecular formula is C15H16N2O6S2. The van der Waals surface area contributed by atoms with E-state index in [4.69, 9.17) is 16.6 Å². The lowest BCUT2D eigenvalue weighted by atomic mass is 10.1. The highest BCUT2D eigenvalue weighted by Crippen LogP contribution is 2.25. The van der Waals surface area contributed by atoms with Gasteiger partial charge in [-0.15, -0.1) is 0 Å². The minimum absolute atomic E-state index is 0.112. The summed E-state index contributed by atoms with van der Waals surface area (Å²) in [5.74, 6) is -1.10. The molecule has 0 amide bonds. The summed E-state index contributed by atoms with van der Waals surface area (Å²) in [7, 11) is -8.48. The van der Waals surface area contributed by atoms with Crippen LogP contribution in [-0.4, -0.2) is 32.4 Å². The van der Waals surface area contributed by atoms with Crippen molar-refractivity contribution in [2.75, 3.05) is 17.4 Å². The molecule has 0 radical (unpaired) electrons. The number of nitrogens with two attached hydrogens (primary N) is 2. The third-order valence-electron chi connectivity index (χ3n) is 3.30. The number of rotatable bonds is 5. The van der Waals surface area contributed by atoms with Crippen molar-refractivity contribution in [3.05, 3.63) is 47.5 Å². The molecule has 0 aliphatic carbocycles. The molecular weight excluding hydrogens is 368 g/mol. The SMILES string of the molecule is Nc1ccc(/C=C/c2ccc(N)cc2S(=O)(=O)CO)c(S(=O)(=O)O)c1. The van der Waals surface area contributed by atoms with Gasteiger partial charge in [0.15, 0.2) is 0 Å². The van der Waals surface area contributed by atoms with Gasteiger partial charge in [0.2, 0.25) is 9.84 Å². The first kappa shape index (κ1) is 18.9. The Balaban J connectivity index is 2.59. The quantitative estimate of drug-likeness (QED) is 0.337. The van der Waals surface area contributed by atoms with E-state index in [0.717, 1.165) is 6.07 Å². The molecule has 25 heavy (non-hydrogen) atoms. The van der Waals surface area contributed by atoms with E-state index in [1.807, 2.05) is 0 Å². The van der Waals surface area contributed by atoms with Crippen LogP contribution in [0.4, 0.5) is 11.4 Å². The van der Waals surface area contributed by atoms with E-state index in [2.05, 4.69) is 0 Å². The number of aliphatic hydroxyl groups excluding tert-OH is 1. The standard InChI is InChI=1S/C15H16N2O6S2/c16-12-5-3-10(14(7-12)24(19,20)9-18)1-2-11-4-6-13(17)8-15(11)25(21,22)23/h1-8,18H,9,16-17H2,(H,21,22,23)/b2-1+. The summed E-state index contributed by atoms with van der Waals surface area (Å²) in [4.78, 5) is -0.610. The highest BCUT2D eigenvalue weighted by molar-refractivity contribution is 7.91. The van der Waals surface area contributed by atoms with Crippen LogP contribution in [0.2, 0.25) is 0 Å². The maximum Gasteiger partial charge on any atom is 0.295 e. The minimum atomic E-state index is -4.52. The van der Waals surface area contributed by atoms with Crippen LogP contribution in [0.1, 0.15) is 11.1 Å². The van der Waals surface area contributed by atoms with Crippen LogP contribution in [0.25, 0.3) is 12.2 Å². The maximum absolute atomic E-state index is 12.0. The summed E-state index contributed by atoms with van der Waals surface area (Å²) in [6.45, 7) is 0. The van der Waals surface area contributed by atoms with Crippen LogP contribution in [0.3, 0.4) is 0 Å². The number of benzene rings is 2. The Kier molecular flexibility index (Phi) is 5.18. The molecule has 8 nitrogen and oxygen atoms in total. The lowest BCUT2D eigenvalue weighted by Gasteiger charge is -2.08. The smallest absolute Gasteiger partial charge is 0.295 e. The second-order valence-corrected chi connectivity index (χ2v) is 8.46. The predicted molar refractivity (Wildman–Crippen MR) is 94.7 cm³/mol. The Labute approximate surface area is 145 Å². The van der Waals surface area contributed by atoms with Gasteiger partial charge in [0.05, 0.1) is 4.90 Å². The molecule has 2 aromatic carbocycles. The van der Waals surface area contributed by atoms with E-state index in [-0.39, 0.29) is 27.4 Å². The second-order valence-electron chi connectivity index (χ2n) is 5.15. The van der Waals surface area contributed by atoms with Crippen molar-refractivity contribution in [3.63, 3.8) is 0 Å². The highest BCUT2D eigenvalue weighted by Gasteiger charge is 2.18. The Morgan fingerprint density at radius 2 is 1.28 bits per heavy atom. The molecule has 2 aromatic rings. The molecule has 0 spiro atoms. The van der Waals surface area contributed by atoms with Gasteiger partial charge in [-0.1, -0.05) is 24.3 Å². The number of anilines is 2. The molecule has 0 fully saturated rings. The van der Waals surface area contributed by atoms with E-state index < -0.39 is 30.8 Å². The monoisotopic (exact) mass is 384 g/mol. The van der Waals surface area contributed by atoms with Crippen LogP contribution in [0, 0.1) is 0 Å². The van der Waals surface area contributed by atoms with Crippen molar-refractivity contribution in [1.29, 1.82) is 0 Å². The van der Waals surface area contributed by atoms with Crippen molar-refractivity contribution in [3.8, 4) is 0 Å². The summed E-state index contributed by atoms with van der Waals surface area (Å²) in [5.41, 5.74) is 11.8. The van der Waals surface area contributed by atoms with Gasteiger partial charge < -0.3 is 16.6 Å². The number of sulfone groups is 1. The average Bonchev–Trinajstić information content (AvgIpc) is 2.53. The normalized spacial score (nSPS) is 12.6. The molecule has 10 heteroatoms. The van der Waals surface area contributed by atoms with Gasteiger partial charge in [-0.3, -0.25) is 4.55 Å². The molecule has 0 aromatic heterocycles. The van der Waals surface area contributed by atoms with Gasteiger partial charge in [0, 0.05) is 11.4 Å². The third-order valence-corrected chi connectivity index (χ3v) is 5.57. The molecule has 0 aliphatic rings. The van der Waals surface area contributed by atoms with Gasteiger partial charge in [-0.05, 0) is 35.4 Å². The van der Waals surface area contributed by atoms with Gasteiger partial charge in [-0.25, -0.2) is 8.42 Å². The number of aliphatic hydroxyl groups is 1. The van der Waals surface area contributed by atoms with Crippen LogP contribution in [0.5, 0.6) is 0 Å². The van der Waals surface area contributed by atoms with Gasteiger partial charge in [0.1, 0.15) is 10.8 Å². The summed E-state index contributed by atoms with van der Waals surface area (Å²) < 4.78 is 56.1. The lowest BCUT2D eigenvalue weighted by molar-refractivity contribution is 0.358. The molecule has 0 saturated carbocycles. The first-order chi connectivity index (χ1) is 11.5. The minimum Gasteiger partial charge on any atom is -0.399 e. The largest absolute Gasteiger partial charge is 0.399 e. The van der Waals surface area contributed by atoms with Crippen molar-refractivity contribution < 1.29 is 26.5 Å². The van der Waals surface area contributed by atoms with Crippen LogP contribution in [-0.2, 0) is 20.0 Å². The maximum atomic E-state index is 12.0. The van der Waals surface area contributed by atoms with Gasteiger partial charge in [-0.2, -0.15) is 8.42 Å². The van der Waals surface area contributed by atoms with Crippen molar-refractivity contribution in [1.82, 2.24) is 0 Å². The first-order valence-corrected chi connectivity index (χ1v) is 9.92. The molecule has 6 N–H and O–H groups in total. The molecule has 2 rings (SSSR count). The second kappa shape index (κ2) is 6.84. The number of nitrogen functional groups attached to an aromatic ring is 2. The Morgan fingerprint density at radius 3 is 1.72 bits per heavy atom. The van der Waals surface area contributed by atoms with Crippen LogP contribution < -0.4 is 11.5 Å². The zero-order chi connectivity index (χ0) is 18.8. The van der Waals surface area contributed by atoms with Crippen molar-refractivity contribution in [2.45, 2.75) is 9.79 Å². The fraction of sp³-hybridized carbons (Fsp3) is 0.0667. The van der Waals surface area contributed by atoms with E-state index in [1.165, 1.54) is 42.5 Å². The van der Waals surface area contributed by atoms with Gasteiger partial charge in [0.25, 0.3) is 10.1 Å². The zero-order valence-corrected chi connectivity index (χ0v) is 14.5. The van der Waals surface area contributed by atoms with E-state index in [0.29, 0.717) is 0 Å².